The second-order valence-corrected chi connectivity index (χ2v) is 8.65. The van der Waals surface area contributed by atoms with Crippen LogP contribution in [0.25, 0.3) is 0 Å². The molecule has 0 unspecified atom stereocenters. The van der Waals surface area contributed by atoms with Crippen LogP contribution >= 0.6 is 11.6 Å². The summed E-state index contributed by atoms with van der Waals surface area (Å²) in [5, 5.41) is 2.80. The van der Waals surface area contributed by atoms with Crippen LogP contribution in [-0.4, -0.2) is 21.4 Å². The van der Waals surface area contributed by atoms with Crippen molar-refractivity contribution >= 4 is 33.2 Å². The molecule has 0 saturated heterocycles. The molecule has 0 heterocycles. The highest BCUT2D eigenvalue weighted by molar-refractivity contribution is 7.92. The SMILES string of the molecule is COc1ccc(CNC(=O)c2ccc(Cl)c(S(=O)(=O)Nc3ccccc3C)c2)cc1. The number of hydrogen-bond donors (Lipinski definition) is 2. The number of aryl methyl sites for hydroxylation is 1. The number of amides is 1. The van der Waals surface area contributed by atoms with Gasteiger partial charge in [0.1, 0.15) is 10.6 Å². The van der Waals surface area contributed by atoms with Crippen LogP contribution in [0.4, 0.5) is 5.69 Å². The molecule has 0 bridgehead atoms. The van der Waals surface area contributed by atoms with Gasteiger partial charge in [-0.15, -0.1) is 0 Å². The fourth-order valence-corrected chi connectivity index (χ4v) is 4.42. The highest BCUT2D eigenvalue weighted by atomic mass is 35.5. The largest absolute Gasteiger partial charge is 0.497 e. The molecule has 6 nitrogen and oxygen atoms in total. The maximum atomic E-state index is 12.9. The van der Waals surface area contributed by atoms with Crippen molar-refractivity contribution in [2.24, 2.45) is 0 Å². The van der Waals surface area contributed by atoms with Crippen molar-refractivity contribution in [2.45, 2.75) is 18.4 Å². The van der Waals surface area contributed by atoms with Gasteiger partial charge in [0.15, 0.2) is 0 Å². The van der Waals surface area contributed by atoms with E-state index in [0.29, 0.717) is 5.69 Å². The fraction of sp³-hybridized carbons (Fsp3) is 0.136. The standard InChI is InChI=1S/C22H21ClN2O4S/c1-15-5-3-4-6-20(15)25-30(27,28)21-13-17(9-12-19(21)23)22(26)24-14-16-7-10-18(29-2)11-8-16/h3-13,25H,14H2,1-2H3,(H,24,26). The minimum absolute atomic E-state index is 0.0304. The molecular weight excluding hydrogens is 424 g/mol. The van der Waals surface area contributed by atoms with E-state index >= 15 is 0 Å². The number of sulfonamides is 1. The van der Waals surface area contributed by atoms with E-state index in [0.717, 1.165) is 16.9 Å². The summed E-state index contributed by atoms with van der Waals surface area (Å²) in [6, 6.07) is 18.4. The van der Waals surface area contributed by atoms with E-state index in [4.69, 9.17) is 16.3 Å². The molecular formula is C22H21ClN2O4S. The molecule has 0 spiro atoms. The van der Waals surface area contributed by atoms with Crippen LogP contribution in [0.3, 0.4) is 0 Å². The van der Waals surface area contributed by atoms with E-state index in [1.807, 2.05) is 18.2 Å². The first-order valence-corrected chi connectivity index (χ1v) is 11.0. The van der Waals surface area contributed by atoms with Gasteiger partial charge in [0, 0.05) is 12.1 Å². The number of anilines is 1. The molecule has 3 rings (SSSR count). The Balaban J connectivity index is 1.78. The molecule has 156 valence electrons. The predicted octanol–water partition coefficient (Wildman–Crippen LogP) is 4.39. The lowest BCUT2D eigenvalue weighted by molar-refractivity contribution is 0.0950. The quantitative estimate of drug-likeness (QED) is 0.566. The van der Waals surface area contributed by atoms with E-state index in [1.54, 1.807) is 44.4 Å². The van der Waals surface area contributed by atoms with Crippen molar-refractivity contribution in [2.75, 3.05) is 11.8 Å². The summed E-state index contributed by atoms with van der Waals surface area (Å²) in [5.74, 6) is 0.314. The molecule has 30 heavy (non-hydrogen) atoms. The van der Waals surface area contributed by atoms with E-state index in [2.05, 4.69) is 10.0 Å². The molecule has 3 aromatic carbocycles. The van der Waals surface area contributed by atoms with Crippen molar-refractivity contribution in [3.05, 3.63) is 88.4 Å². The average molecular weight is 445 g/mol. The lowest BCUT2D eigenvalue weighted by atomic mass is 10.2. The van der Waals surface area contributed by atoms with Gasteiger partial charge in [0.2, 0.25) is 0 Å². The number of halogens is 1. The zero-order valence-electron chi connectivity index (χ0n) is 16.5. The normalized spacial score (nSPS) is 11.0. The van der Waals surface area contributed by atoms with Crippen molar-refractivity contribution in [3.63, 3.8) is 0 Å². The third kappa shape index (κ3) is 5.11. The van der Waals surface area contributed by atoms with Gasteiger partial charge >= 0.3 is 0 Å². The zero-order valence-corrected chi connectivity index (χ0v) is 18.0. The Labute approximate surface area is 180 Å². The number of rotatable bonds is 7. The first kappa shape index (κ1) is 21.7. The molecule has 8 heteroatoms. The molecule has 0 radical (unpaired) electrons. The van der Waals surface area contributed by atoms with E-state index in [9.17, 15) is 13.2 Å². The topological polar surface area (TPSA) is 84.5 Å². The Morgan fingerprint density at radius 1 is 1.03 bits per heavy atom. The molecule has 0 aromatic heterocycles. The molecule has 2 N–H and O–H groups in total. The van der Waals surface area contributed by atoms with Gasteiger partial charge in [0.05, 0.1) is 17.8 Å². The van der Waals surface area contributed by atoms with Crippen LogP contribution in [0, 0.1) is 6.92 Å². The van der Waals surface area contributed by atoms with Gasteiger partial charge in [0.25, 0.3) is 15.9 Å². The van der Waals surface area contributed by atoms with Crippen LogP contribution in [0.1, 0.15) is 21.5 Å². The third-order valence-electron chi connectivity index (χ3n) is 4.48. The second-order valence-electron chi connectivity index (χ2n) is 6.60. The van der Waals surface area contributed by atoms with Gasteiger partial charge < -0.3 is 10.1 Å². The summed E-state index contributed by atoms with van der Waals surface area (Å²) >= 11 is 6.13. The maximum Gasteiger partial charge on any atom is 0.263 e. The number of benzene rings is 3. The van der Waals surface area contributed by atoms with Crippen LogP contribution < -0.4 is 14.8 Å². The minimum Gasteiger partial charge on any atom is -0.497 e. The minimum atomic E-state index is -3.97. The van der Waals surface area contributed by atoms with Gasteiger partial charge in [-0.1, -0.05) is 41.9 Å². The number of para-hydroxylation sites is 1. The summed E-state index contributed by atoms with van der Waals surface area (Å²) in [7, 11) is -2.39. The highest BCUT2D eigenvalue weighted by Gasteiger charge is 2.21. The van der Waals surface area contributed by atoms with Gasteiger partial charge in [-0.05, 0) is 54.4 Å². The molecule has 0 saturated carbocycles. The number of nitrogens with one attached hydrogen (secondary N) is 2. The summed E-state index contributed by atoms with van der Waals surface area (Å²) in [6.45, 7) is 2.08. The molecule has 0 aliphatic carbocycles. The maximum absolute atomic E-state index is 12.9. The van der Waals surface area contributed by atoms with Crippen LogP contribution in [0.2, 0.25) is 5.02 Å². The molecule has 3 aromatic rings. The zero-order chi connectivity index (χ0) is 21.7. The van der Waals surface area contributed by atoms with E-state index in [-0.39, 0.29) is 22.0 Å². The summed E-state index contributed by atoms with van der Waals surface area (Å²) in [4.78, 5) is 12.4. The van der Waals surface area contributed by atoms with Crippen molar-refractivity contribution < 1.29 is 17.9 Å². The molecule has 1 amide bonds. The lowest BCUT2D eigenvalue weighted by Gasteiger charge is -2.13. The van der Waals surface area contributed by atoms with E-state index < -0.39 is 15.9 Å². The Hall–Kier alpha value is -3.03. The molecule has 0 aliphatic heterocycles. The van der Waals surface area contributed by atoms with Crippen molar-refractivity contribution in [1.82, 2.24) is 5.32 Å². The van der Waals surface area contributed by atoms with E-state index in [1.165, 1.54) is 18.2 Å². The smallest absolute Gasteiger partial charge is 0.263 e. The van der Waals surface area contributed by atoms with Gasteiger partial charge in [-0.2, -0.15) is 0 Å². The van der Waals surface area contributed by atoms with Gasteiger partial charge in [-0.3, -0.25) is 9.52 Å². The average Bonchev–Trinajstić information content (AvgIpc) is 2.74. The Bertz CT molecular complexity index is 1160. The van der Waals surface area contributed by atoms with Crippen LogP contribution in [0.15, 0.2) is 71.6 Å². The second kappa shape index (κ2) is 9.19. The first-order valence-electron chi connectivity index (χ1n) is 9.09. The molecule has 0 aliphatic rings. The third-order valence-corrected chi connectivity index (χ3v) is 6.33. The first-order chi connectivity index (χ1) is 14.3. The van der Waals surface area contributed by atoms with Crippen LogP contribution in [0.5, 0.6) is 5.75 Å². The molecule has 0 fully saturated rings. The lowest BCUT2D eigenvalue weighted by Crippen LogP contribution is -2.23. The monoisotopic (exact) mass is 444 g/mol. The number of ether oxygens (including phenoxy) is 1. The number of carbonyl (C=O) groups excluding carboxylic acids is 1. The Morgan fingerprint density at radius 3 is 2.40 bits per heavy atom. The number of methoxy groups -OCH3 is 1. The Kier molecular flexibility index (Phi) is 6.64. The van der Waals surface area contributed by atoms with Crippen LogP contribution in [-0.2, 0) is 16.6 Å². The summed E-state index contributed by atoms with van der Waals surface area (Å²) in [5.41, 5.74) is 2.29. The summed E-state index contributed by atoms with van der Waals surface area (Å²) < 4.78 is 33.3. The molecule has 0 atom stereocenters. The fourth-order valence-electron chi connectivity index (χ4n) is 2.77. The Morgan fingerprint density at radius 2 is 1.73 bits per heavy atom. The highest BCUT2D eigenvalue weighted by Crippen LogP contribution is 2.26. The van der Waals surface area contributed by atoms with Crippen molar-refractivity contribution in [3.8, 4) is 5.75 Å². The van der Waals surface area contributed by atoms with Crippen molar-refractivity contribution in [1.29, 1.82) is 0 Å². The number of hydrogen-bond acceptors (Lipinski definition) is 4. The van der Waals surface area contributed by atoms with Gasteiger partial charge in [-0.25, -0.2) is 8.42 Å². The predicted molar refractivity (Wildman–Crippen MR) is 118 cm³/mol. The number of carbonyl (C=O) groups is 1. The summed E-state index contributed by atoms with van der Waals surface area (Å²) in [6.07, 6.45) is 0.